The molecule has 6 heteroatoms. The number of carbonyl (C=O) groups is 2. The Bertz CT molecular complexity index is 801. The zero-order valence-corrected chi connectivity index (χ0v) is 15.5. The molecule has 0 spiro atoms. The van der Waals surface area contributed by atoms with Crippen LogP contribution in [-0.2, 0) is 16.1 Å². The van der Waals surface area contributed by atoms with E-state index in [-0.39, 0.29) is 30.7 Å². The molecule has 1 aliphatic heterocycles. The van der Waals surface area contributed by atoms with Crippen molar-refractivity contribution in [1.29, 1.82) is 0 Å². The zero-order valence-electron chi connectivity index (χ0n) is 15.5. The van der Waals surface area contributed by atoms with E-state index in [0.29, 0.717) is 11.3 Å². The summed E-state index contributed by atoms with van der Waals surface area (Å²) in [5, 5.41) is 2.67. The predicted molar refractivity (Wildman–Crippen MR) is 104 cm³/mol. The maximum Gasteiger partial charge on any atom is 0.240 e. The number of amides is 2. The highest BCUT2D eigenvalue weighted by molar-refractivity contribution is 5.97. The van der Waals surface area contributed by atoms with Gasteiger partial charge in [-0.3, -0.25) is 9.59 Å². The summed E-state index contributed by atoms with van der Waals surface area (Å²) in [5.74, 6) is -0.916. The molecule has 5 nitrogen and oxygen atoms in total. The minimum absolute atomic E-state index is 0.0884. The zero-order chi connectivity index (χ0) is 19.2. The van der Waals surface area contributed by atoms with E-state index in [2.05, 4.69) is 10.2 Å². The van der Waals surface area contributed by atoms with Gasteiger partial charge >= 0.3 is 0 Å². The molecule has 0 radical (unpaired) electrons. The molecule has 1 heterocycles. The summed E-state index contributed by atoms with van der Waals surface area (Å²) in [4.78, 5) is 28.0. The standard InChI is InChI=1S/C21H24FN3O2/c1-16(26)25(15-21(27)23-14-17-6-2-3-7-20(17)22)19-10-8-18(9-11-19)24-12-4-5-13-24/h2-3,6-11H,4-5,12-15H2,1H3,(H,23,27). The van der Waals surface area contributed by atoms with E-state index in [1.807, 2.05) is 24.3 Å². The lowest BCUT2D eigenvalue weighted by Gasteiger charge is -2.23. The van der Waals surface area contributed by atoms with Crippen LogP contribution >= 0.6 is 0 Å². The van der Waals surface area contributed by atoms with Gasteiger partial charge in [-0.2, -0.15) is 0 Å². The SMILES string of the molecule is CC(=O)N(CC(=O)NCc1ccccc1F)c1ccc(N2CCCC2)cc1. The van der Waals surface area contributed by atoms with Crippen LogP contribution in [-0.4, -0.2) is 31.4 Å². The van der Waals surface area contributed by atoms with Crippen LogP contribution in [0, 0.1) is 5.82 Å². The van der Waals surface area contributed by atoms with Crippen molar-refractivity contribution in [3.8, 4) is 0 Å². The van der Waals surface area contributed by atoms with Gasteiger partial charge in [-0.25, -0.2) is 4.39 Å². The summed E-state index contributed by atoms with van der Waals surface area (Å²) in [6.07, 6.45) is 2.40. The monoisotopic (exact) mass is 369 g/mol. The number of hydrogen-bond donors (Lipinski definition) is 1. The summed E-state index contributed by atoms with van der Waals surface area (Å²) in [7, 11) is 0. The fraction of sp³-hybridized carbons (Fsp3) is 0.333. The molecule has 2 aromatic carbocycles. The average Bonchev–Trinajstić information content (AvgIpc) is 3.20. The van der Waals surface area contributed by atoms with Gasteiger partial charge in [0.2, 0.25) is 11.8 Å². The van der Waals surface area contributed by atoms with E-state index >= 15 is 0 Å². The molecule has 1 N–H and O–H groups in total. The van der Waals surface area contributed by atoms with Gasteiger partial charge in [-0.05, 0) is 43.2 Å². The van der Waals surface area contributed by atoms with Gasteiger partial charge < -0.3 is 15.1 Å². The number of carbonyl (C=O) groups excluding carboxylic acids is 2. The highest BCUT2D eigenvalue weighted by Crippen LogP contribution is 2.24. The second-order valence-corrected chi connectivity index (χ2v) is 6.68. The van der Waals surface area contributed by atoms with Crippen LogP contribution in [0.1, 0.15) is 25.3 Å². The summed E-state index contributed by atoms with van der Waals surface area (Å²) >= 11 is 0. The molecule has 2 aromatic rings. The molecule has 0 saturated carbocycles. The first-order chi connectivity index (χ1) is 13.0. The van der Waals surface area contributed by atoms with E-state index < -0.39 is 0 Å². The van der Waals surface area contributed by atoms with Crippen molar-refractivity contribution in [3.63, 3.8) is 0 Å². The second-order valence-electron chi connectivity index (χ2n) is 6.68. The van der Waals surface area contributed by atoms with Crippen LogP contribution in [0.15, 0.2) is 48.5 Å². The molecule has 1 aliphatic rings. The van der Waals surface area contributed by atoms with E-state index in [4.69, 9.17) is 0 Å². The Morgan fingerprint density at radius 2 is 1.74 bits per heavy atom. The Balaban J connectivity index is 1.62. The summed E-state index contributed by atoms with van der Waals surface area (Å²) in [6.45, 7) is 3.51. The molecule has 2 amide bonds. The van der Waals surface area contributed by atoms with Crippen LogP contribution in [0.25, 0.3) is 0 Å². The molecule has 1 saturated heterocycles. The third-order valence-corrected chi connectivity index (χ3v) is 4.75. The van der Waals surface area contributed by atoms with Gasteiger partial charge in [0, 0.05) is 43.5 Å². The van der Waals surface area contributed by atoms with Crippen LogP contribution in [0.3, 0.4) is 0 Å². The van der Waals surface area contributed by atoms with Crippen LogP contribution in [0.2, 0.25) is 0 Å². The molecule has 142 valence electrons. The largest absolute Gasteiger partial charge is 0.372 e. The lowest BCUT2D eigenvalue weighted by Crippen LogP contribution is -2.39. The number of anilines is 2. The Kier molecular flexibility index (Phi) is 6.06. The number of hydrogen-bond acceptors (Lipinski definition) is 3. The lowest BCUT2D eigenvalue weighted by molar-refractivity contribution is -0.123. The van der Waals surface area contributed by atoms with Gasteiger partial charge in [0.05, 0.1) is 0 Å². The highest BCUT2D eigenvalue weighted by Gasteiger charge is 2.17. The van der Waals surface area contributed by atoms with Gasteiger partial charge in [0.15, 0.2) is 0 Å². The fourth-order valence-electron chi connectivity index (χ4n) is 3.24. The van der Waals surface area contributed by atoms with E-state index in [0.717, 1.165) is 18.8 Å². The van der Waals surface area contributed by atoms with Crippen molar-refractivity contribution in [1.82, 2.24) is 5.32 Å². The highest BCUT2D eigenvalue weighted by atomic mass is 19.1. The maximum atomic E-state index is 13.6. The van der Waals surface area contributed by atoms with Gasteiger partial charge in [-0.1, -0.05) is 18.2 Å². The normalized spacial score (nSPS) is 13.5. The smallest absolute Gasteiger partial charge is 0.240 e. The predicted octanol–water partition coefficient (Wildman–Crippen LogP) is 3.10. The molecule has 0 aliphatic carbocycles. The van der Waals surface area contributed by atoms with E-state index in [1.54, 1.807) is 18.2 Å². The van der Waals surface area contributed by atoms with Gasteiger partial charge in [0.25, 0.3) is 0 Å². The molecular formula is C21H24FN3O2. The lowest BCUT2D eigenvalue weighted by atomic mass is 10.2. The van der Waals surface area contributed by atoms with Crippen LogP contribution < -0.4 is 15.1 Å². The first-order valence-corrected chi connectivity index (χ1v) is 9.18. The molecule has 3 rings (SSSR count). The second kappa shape index (κ2) is 8.66. The number of nitrogens with one attached hydrogen (secondary N) is 1. The van der Waals surface area contributed by atoms with Crippen molar-refractivity contribution in [2.75, 3.05) is 29.4 Å². The molecule has 0 unspecified atom stereocenters. The van der Waals surface area contributed by atoms with Crippen molar-refractivity contribution >= 4 is 23.2 Å². The van der Waals surface area contributed by atoms with Gasteiger partial charge in [-0.15, -0.1) is 0 Å². The quantitative estimate of drug-likeness (QED) is 0.851. The fourth-order valence-corrected chi connectivity index (χ4v) is 3.24. The molecule has 27 heavy (non-hydrogen) atoms. The van der Waals surface area contributed by atoms with E-state index in [1.165, 1.54) is 30.7 Å². The maximum absolute atomic E-state index is 13.6. The first kappa shape index (κ1) is 18.9. The van der Waals surface area contributed by atoms with Crippen molar-refractivity contribution in [3.05, 3.63) is 59.9 Å². The summed E-state index contributed by atoms with van der Waals surface area (Å²) in [6, 6.07) is 14.0. The Morgan fingerprint density at radius 1 is 1.07 bits per heavy atom. The Morgan fingerprint density at radius 3 is 2.37 bits per heavy atom. The molecule has 1 fully saturated rings. The average molecular weight is 369 g/mol. The first-order valence-electron chi connectivity index (χ1n) is 9.18. The molecule has 0 aromatic heterocycles. The molecule has 0 atom stereocenters. The van der Waals surface area contributed by atoms with Crippen molar-refractivity contribution < 1.29 is 14.0 Å². The third-order valence-electron chi connectivity index (χ3n) is 4.75. The topological polar surface area (TPSA) is 52.7 Å². The van der Waals surface area contributed by atoms with Crippen molar-refractivity contribution in [2.24, 2.45) is 0 Å². The Labute approximate surface area is 158 Å². The minimum atomic E-state index is -0.362. The molecule has 0 bridgehead atoms. The number of benzene rings is 2. The minimum Gasteiger partial charge on any atom is -0.372 e. The Hall–Kier alpha value is -2.89. The van der Waals surface area contributed by atoms with E-state index in [9.17, 15) is 14.0 Å². The number of rotatable bonds is 6. The van der Waals surface area contributed by atoms with Gasteiger partial charge in [0.1, 0.15) is 12.4 Å². The van der Waals surface area contributed by atoms with Crippen molar-refractivity contribution in [2.45, 2.75) is 26.3 Å². The summed E-state index contributed by atoms with van der Waals surface area (Å²) < 4.78 is 13.6. The number of halogens is 1. The van der Waals surface area contributed by atoms with Crippen LogP contribution in [0.5, 0.6) is 0 Å². The number of nitrogens with zero attached hydrogens (tertiary/aromatic N) is 2. The van der Waals surface area contributed by atoms with Crippen LogP contribution in [0.4, 0.5) is 15.8 Å². The molecular weight excluding hydrogens is 345 g/mol. The third kappa shape index (κ3) is 4.84. The summed E-state index contributed by atoms with van der Waals surface area (Å²) in [5.41, 5.74) is 2.21.